The zero-order valence-electron chi connectivity index (χ0n) is 14.2. The van der Waals surface area contributed by atoms with Crippen molar-refractivity contribution >= 4 is 46.4 Å². The Hall–Kier alpha value is -3.51. The van der Waals surface area contributed by atoms with E-state index >= 15 is 0 Å². The molecule has 3 aromatic rings. The van der Waals surface area contributed by atoms with Crippen LogP contribution in [-0.4, -0.2) is 12.1 Å². The van der Waals surface area contributed by atoms with Crippen molar-refractivity contribution in [3.05, 3.63) is 83.9 Å². The molecule has 136 valence electrons. The summed E-state index contributed by atoms with van der Waals surface area (Å²) in [5, 5.41) is 11.1. The minimum absolute atomic E-state index is 0.302. The van der Waals surface area contributed by atoms with Gasteiger partial charge in [0.25, 0.3) is 0 Å². The van der Waals surface area contributed by atoms with E-state index in [0.29, 0.717) is 27.8 Å². The first-order valence-corrected chi connectivity index (χ1v) is 8.53. The molecule has 4 N–H and O–H groups in total. The van der Waals surface area contributed by atoms with Crippen LogP contribution in [0.5, 0.6) is 0 Å². The van der Waals surface area contributed by atoms with E-state index < -0.39 is 6.03 Å². The predicted octanol–water partition coefficient (Wildman–Crippen LogP) is 5.63. The fourth-order valence-corrected chi connectivity index (χ4v) is 2.54. The summed E-state index contributed by atoms with van der Waals surface area (Å²) in [4.78, 5) is 24.1. The summed E-state index contributed by atoms with van der Waals surface area (Å²) >= 11 is 6.21. The van der Waals surface area contributed by atoms with Gasteiger partial charge in [-0.25, -0.2) is 9.59 Å². The van der Waals surface area contributed by atoms with Gasteiger partial charge >= 0.3 is 12.1 Å². The Morgan fingerprint density at radius 3 is 1.59 bits per heavy atom. The molecule has 27 heavy (non-hydrogen) atoms. The molecule has 0 aromatic heterocycles. The van der Waals surface area contributed by atoms with Crippen LogP contribution in [0.4, 0.5) is 32.3 Å². The smallest absolute Gasteiger partial charge is 0.308 e. The van der Waals surface area contributed by atoms with Gasteiger partial charge in [0.2, 0.25) is 0 Å². The molecule has 0 radical (unpaired) electrons. The maximum Gasteiger partial charge on any atom is 0.323 e. The zero-order valence-corrected chi connectivity index (χ0v) is 15.0. The van der Waals surface area contributed by atoms with Crippen LogP contribution >= 0.6 is 11.6 Å². The Labute approximate surface area is 161 Å². The number of carbonyl (C=O) groups is 2. The number of carbonyl (C=O) groups excluding carboxylic acids is 2. The van der Waals surface area contributed by atoms with Gasteiger partial charge in [-0.15, -0.1) is 0 Å². The van der Waals surface area contributed by atoms with E-state index in [1.807, 2.05) is 36.4 Å². The first-order chi connectivity index (χ1) is 13.1. The van der Waals surface area contributed by atoms with E-state index in [1.165, 1.54) is 0 Å². The van der Waals surface area contributed by atoms with Crippen LogP contribution in [0.2, 0.25) is 5.02 Å². The van der Waals surface area contributed by atoms with Gasteiger partial charge in [-0.05, 0) is 42.5 Å². The first kappa shape index (κ1) is 18.3. The molecule has 3 aromatic carbocycles. The topological polar surface area (TPSA) is 82.3 Å². The normalized spacial score (nSPS) is 9.96. The van der Waals surface area contributed by atoms with E-state index in [0.717, 1.165) is 0 Å². The van der Waals surface area contributed by atoms with Crippen LogP contribution < -0.4 is 21.3 Å². The molecule has 0 fully saturated rings. The fourth-order valence-electron chi connectivity index (χ4n) is 2.32. The van der Waals surface area contributed by atoms with E-state index in [4.69, 9.17) is 11.6 Å². The van der Waals surface area contributed by atoms with Gasteiger partial charge < -0.3 is 21.3 Å². The van der Waals surface area contributed by atoms with Crippen LogP contribution in [0, 0.1) is 0 Å². The molecule has 0 aliphatic rings. The van der Waals surface area contributed by atoms with Crippen LogP contribution in [0.25, 0.3) is 0 Å². The third kappa shape index (κ3) is 5.49. The number of anilines is 4. The maximum absolute atomic E-state index is 12.0. The Balaban J connectivity index is 1.58. The molecule has 0 unspecified atom stereocenters. The SMILES string of the molecule is O=C(Nc1ccccc1)Nc1ccc(NC(=O)Nc2ccccc2)c(Cl)c1. The summed E-state index contributed by atoms with van der Waals surface area (Å²) in [5.74, 6) is 0. The highest BCUT2D eigenvalue weighted by atomic mass is 35.5. The van der Waals surface area contributed by atoms with Crippen LogP contribution in [0.3, 0.4) is 0 Å². The number of benzene rings is 3. The lowest BCUT2D eigenvalue weighted by atomic mass is 10.2. The number of para-hydroxylation sites is 2. The molecule has 0 saturated carbocycles. The Bertz CT molecular complexity index is 933. The third-order valence-electron chi connectivity index (χ3n) is 3.54. The van der Waals surface area contributed by atoms with Gasteiger partial charge in [0.05, 0.1) is 10.7 Å². The monoisotopic (exact) mass is 380 g/mol. The van der Waals surface area contributed by atoms with Gasteiger partial charge in [-0.3, -0.25) is 0 Å². The zero-order chi connectivity index (χ0) is 19.1. The second-order valence-electron chi connectivity index (χ2n) is 5.58. The van der Waals surface area contributed by atoms with Crippen molar-refractivity contribution in [1.29, 1.82) is 0 Å². The number of amides is 4. The molecule has 0 bridgehead atoms. The maximum atomic E-state index is 12.0. The van der Waals surface area contributed by atoms with Gasteiger partial charge in [0.1, 0.15) is 0 Å². The van der Waals surface area contributed by atoms with Crippen LogP contribution in [0.1, 0.15) is 0 Å². The highest BCUT2D eigenvalue weighted by Gasteiger charge is 2.08. The summed E-state index contributed by atoms with van der Waals surface area (Å²) in [6.45, 7) is 0. The summed E-state index contributed by atoms with van der Waals surface area (Å²) in [5.41, 5.74) is 2.28. The fraction of sp³-hybridized carbons (Fsp3) is 0. The Kier molecular flexibility index (Phi) is 5.91. The first-order valence-electron chi connectivity index (χ1n) is 8.16. The number of nitrogens with one attached hydrogen (secondary N) is 4. The number of urea groups is 2. The molecule has 0 atom stereocenters. The average molecular weight is 381 g/mol. The molecule has 0 heterocycles. The van der Waals surface area contributed by atoms with E-state index in [1.54, 1.807) is 42.5 Å². The number of halogens is 1. The van der Waals surface area contributed by atoms with E-state index in [2.05, 4.69) is 21.3 Å². The minimum Gasteiger partial charge on any atom is -0.308 e. The molecular weight excluding hydrogens is 364 g/mol. The summed E-state index contributed by atoms with van der Waals surface area (Å²) < 4.78 is 0. The van der Waals surface area contributed by atoms with Crippen LogP contribution in [0.15, 0.2) is 78.9 Å². The molecule has 0 saturated heterocycles. The van der Waals surface area contributed by atoms with Crippen LogP contribution in [-0.2, 0) is 0 Å². The van der Waals surface area contributed by atoms with Gasteiger partial charge in [-0.2, -0.15) is 0 Å². The highest BCUT2D eigenvalue weighted by molar-refractivity contribution is 6.34. The highest BCUT2D eigenvalue weighted by Crippen LogP contribution is 2.26. The lowest BCUT2D eigenvalue weighted by Crippen LogP contribution is -2.20. The van der Waals surface area contributed by atoms with Crippen molar-refractivity contribution in [3.63, 3.8) is 0 Å². The quantitative estimate of drug-likeness (QED) is 0.473. The van der Waals surface area contributed by atoms with Gasteiger partial charge in [0, 0.05) is 17.1 Å². The average Bonchev–Trinajstić information content (AvgIpc) is 2.65. The standard InChI is InChI=1S/C20H17ClN4O2/c21-17-13-16(24-19(26)22-14-7-3-1-4-8-14)11-12-18(17)25-20(27)23-15-9-5-2-6-10-15/h1-13H,(H2,22,24,26)(H2,23,25,27). The van der Waals surface area contributed by atoms with Crippen molar-refractivity contribution in [2.45, 2.75) is 0 Å². The Morgan fingerprint density at radius 2 is 1.07 bits per heavy atom. The summed E-state index contributed by atoms with van der Waals surface area (Å²) in [6.07, 6.45) is 0. The van der Waals surface area contributed by atoms with Crippen molar-refractivity contribution in [2.24, 2.45) is 0 Å². The minimum atomic E-state index is -0.411. The molecule has 0 spiro atoms. The van der Waals surface area contributed by atoms with Crippen molar-refractivity contribution < 1.29 is 9.59 Å². The van der Waals surface area contributed by atoms with Crippen molar-refractivity contribution in [2.75, 3.05) is 21.3 Å². The molecule has 4 amide bonds. The lowest BCUT2D eigenvalue weighted by Gasteiger charge is -2.11. The Morgan fingerprint density at radius 1 is 0.593 bits per heavy atom. The summed E-state index contributed by atoms with van der Waals surface area (Å²) in [7, 11) is 0. The van der Waals surface area contributed by atoms with Crippen molar-refractivity contribution in [3.8, 4) is 0 Å². The van der Waals surface area contributed by atoms with Gasteiger partial charge in [-0.1, -0.05) is 48.0 Å². The second-order valence-corrected chi connectivity index (χ2v) is 5.99. The molecular formula is C20H17ClN4O2. The second kappa shape index (κ2) is 8.73. The number of hydrogen-bond acceptors (Lipinski definition) is 2. The molecule has 0 aliphatic carbocycles. The molecule has 6 nitrogen and oxygen atoms in total. The third-order valence-corrected chi connectivity index (χ3v) is 3.85. The van der Waals surface area contributed by atoms with Gasteiger partial charge in [0.15, 0.2) is 0 Å². The molecule has 3 rings (SSSR count). The molecule has 7 heteroatoms. The molecule has 0 aliphatic heterocycles. The van der Waals surface area contributed by atoms with E-state index in [-0.39, 0.29) is 6.03 Å². The predicted molar refractivity (Wildman–Crippen MR) is 110 cm³/mol. The number of hydrogen-bond donors (Lipinski definition) is 4. The van der Waals surface area contributed by atoms with E-state index in [9.17, 15) is 9.59 Å². The van der Waals surface area contributed by atoms with Crippen molar-refractivity contribution in [1.82, 2.24) is 0 Å². The number of rotatable bonds is 4. The lowest BCUT2D eigenvalue weighted by molar-refractivity contribution is 0.261. The summed E-state index contributed by atoms with van der Waals surface area (Å²) in [6, 6.07) is 22.2. The largest absolute Gasteiger partial charge is 0.323 e.